The molecule has 0 fully saturated rings. The molecule has 13 nitrogen and oxygen atoms in total. The molecular formula is C38H75N7O6. The lowest BCUT2D eigenvalue weighted by Crippen LogP contribution is -2.56. The highest BCUT2D eigenvalue weighted by Gasteiger charge is 2.29. The topological polar surface area (TPSA) is 218 Å². The van der Waals surface area contributed by atoms with Crippen LogP contribution in [-0.2, 0) is 24.0 Å². The Hall–Kier alpha value is -2.77. The number of carboxylic acids is 1. The number of hydrogen-bond donors (Lipinski definition) is 8. The summed E-state index contributed by atoms with van der Waals surface area (Å²) in [6.45, 7) is 8.10. The lowest BCUT2D eigenvalue weighted by atomic mass is 10.0. The number of carboxylic acid groups (broad SMARTS) is 1. The number of nitrogens with two attached hydrogens (primary N) is 2. The normalized spacial score (nSPS) is 13.0. The van der Waals surface area contributed by atoms with Gasteiger partial charge < -0.3 is 43.2 Å². The van der Waals surface area contributed by atoms with E-state index in [1.165, 1.54) is 44.9 Å². The zero-order valence-corrected chi connectivity index (χ0v) is 32.3. The first-order chi connectivity index (χ1) is 24.5. The molecule has 10 N–H and O–H groups in total. The Bertz CT molecular complexity index is 936. The van der Waals surface area contributed by atoms with E-state index >= 15 is 0 Å². The van der Waals surface area contributed by atoms with Crippen molar-refractivity contribution in [2.75, 3.05) is 26.2 Å². The standard InChI is InChI=1S/C38H75N7O6/c1-4-5-6-7-8-9-10-11-14-23-34(46)41-28-19-12-13-20-29-42-36(49)33(24-25-35(47)48)45-38(51)32(22-16-18-27-40)44-37(50)31(43-30(2)3)21-15-17-26-39/h30-33,43H,4-29,39-40H2,1-3H3,(H,41,46)(H,42,49)(H,44,50)(H,45,51)(H,47,48). The van der Waals surface area contributed by atoms with Crippen LogP contribution in [0.25, 0.3) is 0 Å². The van der Waals surface area contributed by atoms with E-state index in [2.05, 4.69) is 33.5 Å². The highest BCUT2D eigenvalue weighted by molar-refractivity contribution is 5.93. The molecule has 0 spiro atoms. The molecule has 0 aromatic carbocycles. The summed E-state index contributed by atoms with van der Waals surface area (Å²) >= 11 is 0. The molecule has 0 heterocycles. The van der Waals surface area contributed by atoms with Crippen LogP contribution in [0.5, 0.6) is 0 Å². The molecular weight excluding hydrogens is 650 g/mol. The molecule has 3 atom stereocenters. The van der Waals surface area contributed by atoms with E-state index in [-0.39, 0.29) is 30.7 Å². The maximum atomic E-state index is 13.5. The predicted molar refractivity (Wildman–Crippen MR) is 205 cm³/mol. The maximum absolute atomic E-state index is 13.5. The van der Waals surface area contributed by atoms with Crippen molar-refractivity contribution in [3.05, 3.63) is 0 Å². The summed E-state index contributed by atoms with van der Waals surface area (Å²) < 4.78 is 0. The lowest BCUT2D eigenvalue weighted by molar-refractivity contribution is -0.138. The summed E-state index contributed by atoms with van der Waals surface area (Å²) in [7, 11) is 0. The number of unbranched alkanes of at least 4 members (excludes halogenated alkanes) is 13. The number of hydrogen-bond acceptors (Lipinski definition) is 8. The van der Waals surface area contributed by atoms with Gasteiger partial charge in [-0.25, -0.2) is 0 Å². The van der Waals surface area contributed by atoms with Crippen molar-refractivity contribution in [2.24, 2.45) is 11.5 Å². The SMILES string of the molecule is CCCCCCCCCCCC(=O)NCCCCCCNC(=O)C(CCC(=O)O)NC(=O)C(CCCCN)NC(=O)C(CCCCN)NC(C)C. The first kappa shape index (κ1) is 48.2. The molecule has 51 heavy (non-hydrogen) atoms. The van der Waals surface area contributed by atoms with Gasteiger partial charge in [-0.3, -0.25) is 24.0 Å². The van der Waals surface area contributed by atoms with Gasteiger partial charge in [-0.2, -0.15) is 0 Å². The van der Waals surface area contributed by atoms with Gasteiger partial charge in [0.05, 0.1) is 6.04 Å². The number of aliphatic carboxylic acids is 1. The third-order valence-corrected chi connectivity index (χ3v) is 8.89. The average Bonchev–Trinajstić information content (AvgIpc) is 3.09. The molecule has 0 aliphatic rings. The van der Waals surface area contributed by atoms with Gasteiger partial charge in [-0.05, 0) is 70.9 Å². The van der Waals surface area contributed by atoms with Crippen molar-refractivity contribution in [1.29, 1.82) is 0 Å². The van der Waals surface area contributed by atoms with Crippen LogP contribution in [0.3, 0.4) is 0 Å². The van der Waals surface area contributed by atoms with E-state index in [4.69, 9.17) is 11.5 Å². The Kier molecular flexibility index (Phi) is 31.3. The van der Waals surface area contributed by atoms with Gasteiger partial charge in [-0.15, -0.1) is 0 Å². The van der Waals surface area contributed by atoms with Crippen LogP contribution in [0.1, 0.15) is 162 Å². The molecule has 0 bridgehead atoms. The quantitative estimate of drug-likeness (QED) is 0.0440. The van der Waals surface area contributed by atoms with Crippen molar-refractivity contribution in [3.8, 4) is 0 Å². The monoisotopic (exact) mass is 726 g/mol. The summed E-state index contributed by atoms with van der Waals surface area (Å²) in [6.07, 6.45) is 18.2. The van der Waals surface area contributed by atoms with Crippen molar-refractivity contribution < 1.29 is 29.1 Å². The number of carbonyl (C=O) groups is 5. The van der Waals surface area contributed by atoms with Gasteiger partial charge in [0.1, 0.15) is 12.1 Å². The fourth-order valence-corrected chi connectivity index (χ4v) is 5.88. The second-order valence-corrected chi connectivity index (χ2v) is 14.1. The van der Waals surface area contributed by atoms with Crippen LogP contribution >= 0.6 is 0 Å². The van der Waals surface area contributed by atoms with Crippen LogP contribution in [0, 0.1) is 0 Å². The summed E-state index contributed by atoms with van der Waals surface area (Å²) in [5.41, 5.74) is 11.3. The molecule has 0 aromatic heterocycles. The van der Waals surface area contributed by atoms with Crippen LogP contribution < -0.4 is 38.1 Å². The fourth-order valence-electron chi connectivity index (χ4n) is 5.88. The number of nitrogens with one attached hydrogen (secondary N) is 5. The van der Waals surface area contributed by atoms with Gasteiger partial charge in [0.2, 0.25) is 23.6 Å². The predicted octanol–water partition coefficient (Wildman–Crippen LogP) is 4.16. The molecule has 0 radical (unpaired) electrons. The van der Waals surface area contributed by atoms with Gasteiger partial charge in [0.25, 0.3) is 0 Å². The first-order valence-corrected chi connectivity index (χ1v) is 20.1. The van der Waals surface area contributed by atoms with Crippen LogP contribution in [0.4, 0.5) is 0 Å². The Balaban J connectivity index is 4.75. The van der Waals surface area contributed by atoms with Crippen molar-refractivity contribution in [3.63, 3.8) is 0 Å². The second-order valence-electron chi connectivity index (χ2n) is 14.1. The summed E-state index contributed by atoms with van der Waals surface area (Å²) in [5.74, 6) is -2.26. The van der Waals surface area contributed by atoms with Gasteiger partial charge >= 0.3 is 5.97 Å². The van der Waals surface area contributed by atoms with E-state index in [9.17, 15) is 29.1 Å². The molecule has 0 saturated heterocycles. The van der Waals surface area contributed by atoms with Crippen molar-refractivity contribution in [1.82, 2.24) is 26.6 Å². The van der Waals surface area contributed by atoms with E-state index in [0.29, 0.717) is 64.7 Å². The van der Waals surface area contributed by atoms with E-state index in [1.807, 2.05) is 13.8 Å². The zero-order chi connectivity index (χ0) is 38.1. The Labute approximate surface area is 308 Å². The largest absolute Gasteiger partial charge is 0.481 e. The highest BCUT2D eigenvalue weighted by Crippen LogP contribution is 2.11. The molecule has 0 aliphatic heterocycles. The average molecular weight is 726 g/mol. The first-order valence-electron chi connectivity index (χ1n) is 20.1. The summed E-state index contributed by atoms with van der Waals surface area (Å²) in [4.78, 5) is 63.3. The van der Waals surface area contributed by atoms with Gasteiger partial charge in [0, 0.05) is 32.0 Å². The Morgan fingerprint density at radius 2 is 1.00 bits per heavy atom. The van der Waals surface area contributed by atoms with Crippen LogP contribution in [0.15, 0.2) is 0 Å². The van der Waals surface area contributed by atoms with Gasteiger partial charge in [0.15, 0.2) is 0 Å². The molecule has 4 amide bonds. The maximum Gasteiger partial charge on any atom is 0.303 e. The number of rotatable bonds is 35. The third kappa shape index (κ3) is 28.5. The minimum Gasteiger partial charge on any atom is -0.481 e. The molecule has 3 unspecified atom stereocenters. The molecule has 0 aromatic rings. The van der Waals surface area contributed by atoms with Crippen molar-refractivity contribution in [2.45, 2.75) is 186 Å². The Morgan fingerprint density at radius 3 is 1.53 bits per heavy atom. The molecule has 298 valence electrons. The Morgan fingerprint density at radius 1 is 0.529 bits per heavy atom. The van der Waals surface area contributed by atoms with E-state index in [1.54, 1.807) is 0 Å². The second kappa shape index (κ2) is 33.1. The number of amides is 4. The molecule has 0 rings (SSSR count). The van der Waals surface area contributed by atoms with Crippen molar-refractivity contribution >= 4 is 29.6 Å². The third-order valence-electron chi connectivity index (χ3n) is 8.89. The lowest BCUT2D eigenvalue weighted by Gasteiger charge is -2.26. The number of carbonyl (C=O) groups excluding carboxylic acids is 4. The summed E-state index contributed by atoms with van der Waals surface area (Å²) in [6, 6.07) is -2.42. The molecule has 0 aliphatic carbocycles. The molecule has 13 heteroatoms. The summed E-state index contributed by atoms with van der Waals surface area (Å²) in [5, 5.41) is 23.9. The van der Waals surface area contributed by atoms with E-state index < -0.39 is 35.9 Å². The van der Waals surface area contributed by atoms with Gasteiger partial charge in [-0.1, -0.05) is 91.4 Å². The minimum atomic E-state index is -1.07. The van der Waals surface area contributed by atoms with Crippen LogP contribution in [-0.4, -0.2) is 85.1 Å². The zero-order valence-electron chi connectivity index (χ0n) is 32.3. The molecule has 0 saturated carbocycles. The fraction of sp³-hybridized carbons (Fsp3) is 0.868. The minimum absolute atomic E-state index is 0.0484. The van der Waals surface area contributed by atoms with E-state index in [0.717, 1.165) is 44.9 Å². The van der Waals surface area contributed by atoms with Crippen LogP contribution in [0.2, 0.25) is 0 Å². The highest BCUT2D eigenvalue weighted by atomic mass is 16.4. The smallest absolute Gasteiger partial charge is 0.303 e.